The van der Waals surface area contributed by atoms with E-state index in [4.69, 9.17) is 25.9 Å². The summed E-state index contributed by atoms with van der Waals surface area (Å²) in [4.78, 5) is 14.4. The number of nitrogens with one attached hydrogen (secondary N) is 1. The Morgan fingerprint density at radius 2 is 1.94 bits per heavy atom. The van der Waals surface area contributed by atoms with Gasteiger partial charge in [-0.25, -0.2) is 8.78 Å². The summed E-state index contributed by atoms with van der Waals surface area (Å²) in [6, 6.07) is 8.99. The molecule has 4 saturated heterocycles. The van der Waals surface area contributed by atoms with Gasteiger partial charge in [-0.3, -0.25) is 4.90 Å². The molecule has 5 heterocycles. The number of likely N-dealkylation sites (tertiary alicyclic amines) is 1. The van der Waals surface area contributed by atoms with Crippen LogP contribution in [-0.4, -0.2) is 83.6 Å². The Morgan fingerprint density at radius 3 is 2.64 bits per heavy atom. The van der Waals surface area contributed by atoms with Crippen LogP contribution in [-0.2, 0) is 4.74 Å². The van der Waals surface area contributed by atoms with E-state index in [-0.39, 0.29) is 33.8 Å². The van der Waals surface area contributed by atoms with Crippen molar-refractivity contribution < 1.29 is 23.4 Å². The molecule has 5 fully saturated rings. The first-order chi connectivity index (χ1) is 22.8. The SMILES string of the molecule is C#Cc1c(F)ccc2cc(O)cc(-c3c(C)cc4c(N5CC6CCC(C5)N6)nc(OCC5(CN6C[C@@H]7C[C@H]6CO7)CC5)nc4c3F)c12. The second-order valence-electron chi connectivity index (χ2n) is 14.4. The number of ether oxygens (including phenoxy) is 2. The van der Waals surface area contributed by atoms with E-state index in [0.717, 1.165) is 64.9 Å². The molecule has 4 atom stereocenters. The van der Waals surface area contributed by atoms with Crippen LogP contribution in [0.25, 0.3) is 32.8 Å². The van der Waals surface area contributed by atoms with Crippen molar-refractivity contribution in [2.24, 2.45) is 5.41 Å². The maximum absolute atomic E-state index is 17.1. The third-order valence-electron chi connectivity index (χ3n) is 11.1. The van der Waals surface area contributed by atoms with Gasteiger partial charge in [-0.15, -0.1) is 6.42 Å². The third-order valence-corrected chi connectivity index (χ3v) is 11.1. The van der Waals surface area contributed by atoms with Crippen molar-refractivity contribution in [2.45, 2.75) is 63.3 Å². The molecule has 0 spiro atoms. The highest BCUT2D eigenvalue weighted by atomic mass is 19.1. The molecule has 47 heavy (non-hydrogen) atoms. The minimum atomic E-state index is -0.583. The van der Waals surface area contributed by atoms with Crippen LogP contribution in [0.2, 0.25) is 0 Å². The summed E-state index contributed by atoms with van der Waals surface area (Å²) in [7, 11) is 0. The summed E-state index contributed by atoms with van der Waals surface area (Å²) < 4.78 is 44.3. The van der Waals surface area contributed by atoms with Crippen molar-refractivity contribution in [1.29, 1.82) is 0 Å². The molecule has 1 saturated carbocycles. The van der Waals surface area contributed by atoms with Crippen LogP contribution in [0.5, 0.6) is 11.8 Å². The fourth-order valence-electron chi connectivity index (χ4n) is 8.53. The molecule has 9 rings (SSSR count). The Bertz CT molecular complexity index is 1980. The summed E-state index contributed by atoms with van der Waals surface area (Å²) in [5, 5.41) is 15.8. The highest BCUT2D eigenvalue weighted by Gasteiger charge is 2.49. The first kappa shape index (κ1) is 29.1. The van der Waals surface area contributed by atoms with Gasteiger partial charge in [0, 0.05) is 66.1 Å². The average Bonchev–Trinajstić information content (AvgIpc) is 3.32. The zero-order valence-corrected chi connectivity index (χ0v) is 26.4. The molecule has 4 aromatic rings. The molecule has 1 aromatic heterocycles. The Labute approximate surface area is 272 Å². The summed E-state index contributed by atoms with van der Waals surface area (Å²) in [6.45, 7) is 6.52. The molecule has 4 aliphatic heterocycles. The van der Waals surface area contributed by atoms with Crippen molar-refractivity contribution in [3.05, 3.63) is 53.1 Å². The molecule has 0 amide bonds. The number of phenolic OH excluding ortho intramolecular Hbond substituents is 1. The molecule has 4 bridgehead atoms. The van der Waals surface area contributed by atoms with E-state index >= 15 is 4.39 Å². The lowest BCUT2D eigenvalue weighted by Gasteiger charge is -2.34. The van der Waals surface area contributed by atoms with Gasteiger partial charge in [-0.1, -0.05) is 12.0 Å². The predicted molar refractivity (Wildman–Crippen MR) is 176 cm³/mol. The van der Waals surface area contributed by atoms with E-state index in [2.05, 4.69) is 21.0 Å². The lowest BCUT2D eigenvalue weighted by atomic mass is 9.90. The number of hydrogen-bond acceptors (Lipinski definition) is 8. The van der Waals surface area contributed by atoms with Crippen molar-refractivity contribution in [2.75, 3.05) is 44.3 Å². The summed E-state index contributed by atoms with van der Waals surface area (Å²) >= 11 is 0. The number of benzene rings is 3. The van der Waals surface area contributed by atoms with Crippen LogP contribution >= 0.6 is 0 Å². The van der Waals surface area contributed by atoms with Gasteiger partial charge in [0.05, 0.1) is 24.9 Å². The number of hydrogen-bond donors (Lipinski definition) is 2. The lowest BCUT2D eigenvalue weighted by molar-refractivity contribution is 0.0176. The fourth-order valence-corrected chi connectivity index (χ4v) is 8.53. The van der Waals surface area contributed by atoms with Crippen LogP contribution in [0.4, 0.5) is 14.6 Å². The number of morpholine rings is 1. The topological polar surface area (TPSA) is 83.0 Å². The van der Waals surface area contributed by atoms with Crippen molar-refractivity contribution in [3.63, 3.8) is 0 Å². The number of aromatic hydroxyl groups is 1. The van der Waals surface area contributed by atoms with Gasteiger partial charge in [0.2, 0.25) is 0 Å². The van der Waals surface area contributed by atoms with Gasteiger partial charge in [0.25, 0.3) is 0 Å². The van der Waals surface area contributed by atoms with E-state index < -0.39 is 11.6 Å². The number of piperazine rings is 1. The first-order valence-electron chi connectivity index (χ1n) is 16.7. The molecule has 0 radical (unpaired) electrons. The largest absolute Gasteiger partial charge is 0.508 e. The molecular weight excluding hydrogens is 600 g/mol. The lowest BCUT2D eigenvalue weighted by Crippen LogP contribution is -2.51. The molecule has 242 valence electrons. The fraction of sp³-hybridized carbons (Fsp3) is 0.459. The number of phenols is 1. The molecule has 10 heteroatoms. The van der Waals surface area contributed by atoms with Gasteiger partial charge in [0.15, 0.2) is 5.82 Å². The molecule has 8 nitrogen and oxygen atoms in total. The highest BCUT2D eigenvalue weighted by molar-refractivity contribution is 6.05. The number of rotatable bonds is 7. The molecule has 2 N–H and O–H groups in total. The zero-order valence-electron chi connectivity index (χ0n) is 26.4. The maximum atomic E-state index is 17.1. The van der Waals surface area contributed by atoms with Gasteiger partial charge >= 0.3 is 6.01 Å². The van der Waals surface area contributed by atoms with Crippen molar-refractivity contribution in [3.8, 4) is 35.2 Å². The second kappa shape index (κ2) is 10.7. The molecule has 1 aliphatic carbocycles. The van der Waals surface area contributed by atoms with Crippen molar-refractivity contribution >= 4 is 27.5 Å². The van der Waals surface area contributed by atoms with E-state index in [9.17, 15) is 9.50 Å². The predicted octanol–water partition coefficient (Wildman–Crippen LogP) is 5.30. The van der Waals surface area contributed by atoms with Gasteiger partial charge in [0.1, 0.15) is 22.9 Å². The number of nitrogens with zero attached hydrogens (tertiary/aromatic N) is 4. The smallest absolute Gasteiger partial charge is 0.319 e. The average molecular weight is 638 g/mol. The van der Waals surface area contributed by atoms with Gasteiger partial charge < -0.3 is 24.8 Å². The number of aromatic nitrogens is 2. The van der Waals surface area contributed by atoms with Crippen molar-refractivity contribution in [1.82, 2.24) is 20.2 Å². The minimum Gasteiger partial charge on any atom is -0.508 e. The Morgan fingerprint density at radius 1 is 1.13 bits per heavy atom. The number of anilines is 1. The number of halogens is 2. The quantitative estimate of drug-likeness (QED) is 0.265. The Kier molecular flexibility index (Phi) is 6.66. The van der Waals surface area contributed by atoms with E-state index in [1.807, 2.05) is 13.0 Å². The molecule has 5 aliphatic rings. The molecule has 3 aromatic carbocycles. The number of aryl methyl sites for hydroxylation is 1. The van der Waals surface area contributed by atoms with Crippen LogP contribution < -0.4 is 15.0 Å². The summed E-state index contributed by atoms with van der Waals surface area (Å²) in [5.41, 5.74) is 1.31. The third kappa shape index (κ3) is 4.90. The minimum absolute atomic E-state index is 0.0209. The zero-order chi connectivity index (χ0) is 32.0. The van der Waals surface area contributed by atoms with Crippen LogP contribution in [0.1, 0.15) is 43.2 Å². The van der Waals surface area contributed by atoms with E-state index in [1.165, 1.54) is 18.2 Å². The molecular formula is C37H37F2N5O3. The van der Waals surface area contributed by atoms with Crippen LogP contribution in [0, 0.1) is 36.3 Å². The second-order valence-corrected chi connectivity index (χ2v) is 14.4. The maximum Gasteiger partial charge on any atom is 0.319 e. The Hall–Kier alpha value is -4.04. The number of terminal acetylenes is 1. The molecule has 2 unspecified atom stereocenters. The standard InChI is InChI=1S/C37H37F2N5O3/c1-3-27-30(38)7-4-21-11-25(45)13-28(32(21)27)31-20(2)10-29-34(33(31)39)41-36(42-35(29)43-14-22-5-6-23(15-43)40-22)47-19-37(8-9-37)18-44-16-26-12-24(44)17-46-26/h1,4,7,10-11,13,22-24,26,40,45H,5-6,8-9,12,14-19H2,2H3/t22?,23?,24-,26-/m0/s1. The van der Waals surface area contributed by atoms with Gasteiger partial charge in [-0.2, -0.15) is 9.97 Å². The highest BCUT2D eigenvalue weighted by Crippen LogP contribution is 2.48. The van der Waals surface area contributed by atoms with Crippen LogP contribution in [0.3, 0.4) is 0 Å². The summed E-state index contributed by atoms with van der Waals surface area (Å²) in [5.74, 6) is 1.87. The monoisotopic (exact) mass is 637 g/mol. The number of fused-ring (bicyclic) bond motifs is 6. The first-order valence-corrected chi connectivity index (χ1v) is 16.7. The van der Waals surface area contributed by atoms with Crippen LogP contribution in [0.15, 0.2) is 30.3 Å². The van der Waals surface area contributed by atoms with Gasteiger partial charge in [-0.05, 0) is 79.8 Å². The normalized spacial score (nSPS) is 26.0. The Balaban J connectivity index is 1.15. The summed E-state index contributed by atoms with van der Waals surface area (Å²) in [6.07, 6.45) is 11.5. The van der Waals surface area contributed by atoms with E-state index in [1.54, 1.807) is 6.07 Å². The van der Waals surface area contributed by atoms with E-state index in [0.29, 0.717) is 63.9 Å².